The number of benzene rings is 1. The van der Waals surface area contributed by atoms with Gasteiger partial charge in [-0.05, 0) is 25.0 Å². The van der Waals surface area contributed by atoms with Crippen molar-refractivity contribution in [2.75, 3.05) is 7.11 Å². The summed E-state index contributed by atoms with van der Waals surface area (Å²) in [5.41, 5.74) is 7.48. The highest BCUT2D eigenvalue weighted by molar-refractivity contribution is 5.68. The molecule has 100 valence electrons. The summed E-state index contributed by atoms with van der Waals surface area (Å²) in [6, 6.07) is 7.74. The van der Waals surface area contributed by atoms with Crippen molar-refractivity contribution in [2.24, 2.45) is 5.73 Å². The summed E-state index contributed by atoms with van der Waals surface area (Å²) in [5, 5.41) is 9.00. The number of carboxylic acid groups (broad SMARTS) is 1. The van der Waals surface area contributed by atoms with Gasteiger partial charge in [0.15, 0.2) is 0 Å². The molecule has 1 atom stereocenters. The van der Waals surface area contributed by atoms with Gasteiger partial charge in [0.1, 0.15) is 0 Å². The van der Waals surface area contributed by atoms with E-state index in [2.05, 4.69) is 0 Å². The Kier molecular flexibility index (Phi) is 4.87. The third kappa shape index (κ3) is 4.13. The van der Waals surface area contributed by atoms with E-state index >= 15 is 0 Å². The minimum Gasteiger partial charge on any atom is -0.481 e. The van der Waals surface area contributed by atoms with Crippen LogP contribution in [0.1, 0.15) is 37.3 Å². The SMILES string of the molecule is COCc1cccc(C(CC(=O)O)C(C)(C)N)c1. The Hall–Kier alpha value is -1.39. The zero-order chi connectivity index (χ0) is 13.8. The molecule has 0 aromatic heterocycles. The van der Waals surface area contributed by atoms with Gasteiger partial charge in [-0.15, -0.1) is 0 Å². The maximum Gasteiger partial charge on any atom is 0.304 e. The van der Waals surface area contributed by atoms with E-state index in [0.29, 0.717) is 6.61 Å². The number of rotatable bonds is 6. The van der Waals surface area contributed by atoms with Crippen molar-refractivity contribution in [1.29, 1.82) is 0 Å². The average molecular weight is 251 g/mol. The van der Waals surface area contributed by atoms with Gasteiger partial charge in [0.2, 0.25) is 0 Å². The van der Waals surface area contributed by atoms with E-state index < -0.39 is 11.5 Å². The van der Waals surface area contributed by atoms with Crippen LogP contribution in [0, 0.1) is 0 Å². The van der Waals surface area contributed by atoms with Gasteiger partial charge < -0.3 is 15.6 Å². The summed E-state index contributed by atoms with van der Waals surface area (Å²) < 4.78 is 5.08. The van der Waals surface area contributed by atoms with Gasteiger partial charge in [0, 0.05) is 18.6 Å². The molecule has 1 aromatic carbocycles. The molecule has 0 aliphatic rings. The molecule has 0 spiro atoms. The minimum atomic E-state index is -0.837. The fraction of sp³-hybridized carbons (Fsp3) is 0.500. The first-order valence-corrected chi connectivity index (χ1v) is 5.93. The molecule has 1 rings (SSSR count). The minimum absolute atomic E-state index is 0.0277. The molecular formula is C14H21NO3. The Balaban J connectivity index is 3.04. The van der Waals surface area contributed by atoms with Crippen LogP contribution < -0.4 is 5.73 Å². The van der Waals surface area contributed by atoms with E-state index in [4.69, 9.17) is 15.6 Å². The summed E-state index contributed by atoms with van der Waals surface area (Å²) in [7, 11) is 1.63. The van der Waals surface area contributed by atoms with E-state index in [0.717, 1.165) is 11.1 Å². The molecule has 4 heteroatoms. The third-order valence-corrected chi connectivity index (χ3v) is 2.94. The predicted octanol–water partition coefficient (Wildman–Crippen LogP) is 2.13. The number of hydrogen-bond donors (Lipinski definition) is 2. The maximum atomic E-state index is 11.0. The Morgan fingerprint density at radius 3 is 2.67 bits per heavy atom. The number of hydrogen-bond acceptors (Lipinski definition) is 3. The van der Waals surface area contributed by atoms with Crippen LogP contribution in [-0.2, 0) is 16.1 Å². The summed E-state index contributed by atoms with van der Waals surface area (Å²) in [4.78, 5) is 11.0. The molecule has 0 aliphatic heterocycles. The largest absolute Gasteiger partial charge is 0.481 e. The maximum absolute atomic E-state index is 11.0. The summed E-state index contributed by atoms with van der Waals surface area (Å²) in [6.45, 7) is 4.21. The van der Waals surface area contributed by atoms with Crippen LogP contribution in [0.5, 0.6) is 0 Å². The third-order valence-electron chi connectivity index (χ3n) is 2.94. The Morgan fingerprint density at radius 2 is 2.17 bits per heavy atom. The predicted molar refractivity (Wildman–Crippen MR) is 70.4 cm³/mol. The molecule has 0 heterocycles. The van der Waals surface area contributed by atoms with Gasteiger partial charge in [-0.2, -0.15) is 0 Å². The quantitative estimate of drug-likeness (QED) is 0.812. The smallest absolute Gasteiger partial charge is 0.304 e. The second kappa shape index (κ2) is 5.98. The molecule has 1 aromatic rings. The highest BCUT2D eigenvalue weighted by Crippen LogP contribution is 2.30. The topological polar surface area (TPSA) is 72.5 Å². The van der Waals surface area contributed by atoms with Crippen LogP contribution in [0.25, 0.3) is 0 Å². The van der Waals surface area contributed by atoms with Gasteiger partial charge in [0.25, 0.3) is 0 Å². The summed E-state index contributed by atoms with van der Waals surface area (Å²) in [5.74, 6) is -1.05. The van der Waals surface area contributed by atoms with Crippen LogP contribution in [-0.4, -0.2) is 23.7 Å². The number of aliphatic carboxylic acids is 1. The van der Waals surface area contributed by atoms with E-state index in [1.165, 1.54) is 0 Å². The van der Waals surface area contributed by atoms with Crippen LogP contribution in [0.4, 0.5) is 0 Å². The lowest BCUT2D eigenvalue weighted by Gasteiger charge is -2.30. The van der Waals surface area contributed by atoms with Crippen molar-refractivity contribution >= 4 is 5.97 Å². The van der Waals surface area contributed by atoms with Crippen LogP contribution in [0.2, 0.25) is 0 Å². The van der Waals surface area contributed by atoms with E-state index in [-0.39, 0.29) is 12.3 Å². The zero-order valence-electron chi connectivity index (χ0n) is 11.1. The molecule has 0 radical (unpaired) electrons. The second-order valence-electron chi connectivity index (χ2n) is 5.15. The summed E-state index contributed by atoms with van der Waals surface area (Å²) >= 11 is 0. The molecule has 1 unspecified atom stereocenters. The first-order chi connectivity index (χ1) is 8.34. The molecule has 0 bridgehead atoms. The number of methoxy groups -OCH3 is 1. The molecule has 18 heavy (non-hydrogen) atoms. The molecule has 0 amide bonds. The average Bonchev–Trinajstić information content (AvgIpc) is 2.25. The lowest BCUT2D eigenvalue weighted by molar-refractivity contribution is -0.137. The van der Waals surface area contributed by atoms with Crippen molar-refractivity contribution < 1.29 is 14.6 Å². The van der Waals surface area contributed by atoms with Crippen LogP contribution in [0.3, 0.4) is 0 Å². The lowest BCUT2D eigenvalue weighted by atomic mass is 9.80. The first kappa shape index (κ1) is 14.7. The van der Waals surface area contributed by atoms with Crippen molar-refractivity contribution in [3.63, 3.8) is 0 Å². The van der Waals surface area contributed by atoms with Gasteiger partial charge in [-0.25, -0.2) is 0 Å². The Bertz CT molecular complexity index is 410. The summed E-state index contributed by atoms with van der Waals surface area (Å²) in [6.07, 6.45) is 0.0277. The van der Waals surface area contributed by atoms with E-state index in [9.17, 15) is 4.79 Å². The highest BCUT2D eigenvalue weighted by atomic mass is 16.5. The molecule has 0 aliphatic carbocycles. The Labute approximate surface area is 108 Å². The lowest BCUT2D eigenvalue weighted by Crippen LogP contribution is -2.40. The van der Waals surface area contributed by atoms with Crippen molar-refractivity contribution in [3.05, 3.63) is 35.4 Å². The number of ether oxygens (including phenoxy) is 1. The van der Waals surface area contributed by atoms with Gasteiger partial charge >= 0.3 is 5.97 Å². The molecular weight excluding hydrogens is 230 g/mol. The standard InChI is InChI=1S/C14H21NO3/c1-14(2,15)12(8-13(16)17)11-6-4-5-10(7-11)9-18-3/h4-7,12H,8-9,15H2,1-3H3,(H,16,17). The van der Waals surface area contributed by atoms with E-state index in [1.54, 1.807) is 7.11 Å². The van der Waals surface area contributed by atoms with Crippen LogP contribution >= 0.6 is 0 Å². The number of carboxylic acids is 1. The molecule has 4 nitrogen and oxygen atoms in total. The first-order valence-electron chi connectivity index (χ1n) is 5.93. The van der Waals surface area contributed by atoms with Crippen LogP contribution in [0.15, 0.2) is 24.3 Å². The Morgan fingerprint density at radius 1 is 1.50 bits per heavy atom. The number of nitrogens with two attached hydrogens (primary N) is 1. The number of carbonyl (C=O) groups is 1. The molecule has 0 fully saturated rings. The highest BCUT2D eigenvalue weighted by Gasteiger charge is 2.29. The fourth-order valence-electron chi connectivity index (χ4n) is 2.05. The fourth-order valence-corrected chi connectivity index (χ4v) is 2.05. The van der Waals surface area contributed by atoms with Crippen molar-refractivity contribution in [2.45, 2.75) is 38.3 Å². The molecule has 3 N–H and O–H groups in total. The normalized spacial score (nSPS) is 13.3. The monoisotopic (exact) mass is 251 g/mol. The molecule has 0 saturated carbocycles. The van der Waals surface area contributed by atoms with E-state index in [1.807, 2.05) is 38.1 Å². The van der Waals surface area contributed by atoms with Crippen molar-refractivity contribution in [1.82, 2.24) is 0 Å². The van der Waals surface area contributed by atoms with Gasteiger partial charge in [-0.1, -0.05) is 24.3 Å². The zero-order valence-corrected chi connectivity index (χ0v) is 11.1. The van der Waals surface area contributed by atoms with Crippen molar-refractivity contribution in [3.8, 4) is 0 Å². The van der Waals surface area contributed by atoms with Gasteiger partial charge in [-0.3, -0.25) is 4.79 Å². The second-order valence-corrected chi connectivity index (χ2v) is 5.15. The van der Waals surface area contributed by atoms with Gasteiger partial charge in [0.05, 0.1) is 13.0 Å². The molecule has 0 saturated heterocycles.